The van der Waals surface area contributed by atoms with E-state index in [1.807, 2.05) is 84.1 Å². The van der Waals surface area contributed by atoms with Gasteiger partial charge in [-0.2, -0.15) is 0 Å². The van der Waals surface area contributed by atoms with E-state index in [0.717, 1.165) is 44.2 Å². The highest BCUT2D eigenvalue weighted by molar-refractivity contribution is 7.26. The third-order valence-electron chi connectivity index (χ3n) is 9.35. The second-order valence-electron chi connectivity index (χ2n) is 12.4. The molecule has 3 aromatic heterocycles. The molecular weight excluding hydrogens is 631 g/mol. The normalized spacial score (nSPS) is 11.6. The van der Waals surface area contributed by atoms with E-state index in [9.17, 15) is 0 Å². The summed E-state index contributed by atoms with van der Waals surface area (Å²) in [5.74, 6) is 1.87. The smallest absolute Gasteiger partial charge is 0.164 e. The zero-order valence-corrected chi connectivity index (χ0v) is 27.6. The first kappa shape index (κ1) is 28.6. The van der Waals surface area contributed by atoms with Gasteiger partial charge in [-0.15, -0.1) is 11.3 Å². The van der Waals surface area contributed by atoms with Gasteiger partial charge in [-0.05, 0) is 58.7 Å². The molecule has 0 saturated carbocycles. The number of aromatic nitrogens is 3. The van der Waals surface area contributed by atoms with Gasteiger partial charge in [0.05, 0.1) is 0 Å². The van der Waals surface area contributed by atoms with Crippen LogP contribution in [0.3, 0.4) is 0 Å². The lowest BCUT2D eigenvalue weighted by Crippen LogP contribution is -2.00. The molecule has 3 heterocycles. The number of furan rings is 1. The lowest BCUT2D eigenvalue weighted by Gasteiger charge is -2.09. The fraction of sp³-hybridized carbons (Fsp3) is 0. The standard InChI is InChI=1S/C45H27N3OS/c1-4-12-28(13-5-1)31-23-25-39-36(26-31)42-33(18-11-21-40(42)50-39)32-22-24-37-35(27-32)41-34(19-10-20-38(41)49-37)45-47-43(29-14-6-2-7-15-29)46-44(48-45)30-16-8-3-9-17-30/h1-27H. The largest absolute Gasteiger partial charge is 0.456 e. The summed E-state index contributed by atoms with van der Waals surface area (Å²) in [6, 6.07) is 56.9. The average molecular weight is 658 g/mol. The predicted molar refractivity (Wildman–Crippen MR) is 207 cm³/mol. The average Bonchev–Trinajstić information content (AvgIpc) is 3.76. The summed E-state index contributed by atoms with van der Waals surface area (Å²) in [4.78, 5) is 15.0. The van der Waals surface area contributed by atoms with E-state index in [4.69, 9.17) is 19.4 Å². The van der Waals surface area contributed by atoms with E-state index in [1.54, 1.807) is 0 Å². The fourth-order valence-electron chi connectivity index (χ4n) is 6.99. The Morgan fingerprint density at radius 3 is 1.68 bits per heavy atom. The number of hydrogen-bond donors (Lipinski definition) is 0. The van der Waals surface area contributed by atoms with Crippen LogP contribution in [0.15, 0.2) is 168 Å². The molecule has 0 radical (unpaired) electrons. The van der Waals surface area contributed by atoms with Gasteiger partial charge < -0.3 is 4.42 Å². The van der Waals surface area contributed by atoms with Crippen molar-refractivity contribution < 1.29 is 4.42 Å². The van der Waals surface area contributed by atoms with E-state index < -0.39 is 0 Å². The van der Waals surface area contributed by atoms with Crippen molar-refractivity contribution >= 4 is 53.4 Å². The summed E-state index contributed by atoms with van der Waals surface area (Å²) in [5.41, 5.74) is 9.17. The van der Waals surface area contributed by atoms with Crippen molar-refractivity contribution in [3.8, 4) is 56.4 Å². The number of nitrogens with zero attached hydrogens (tertiary/aromatic N) is 3. The summed E-state index contributed by atoms with van der Waals surface area (Å²) in [6.45, 7) is 0. The molecule has 50 heavy (non-hydrogen) atoms. The molecule has 0 saturated heterocycles. The highest BCUT2D eigenvalue weighted by Crippen LogP contribution is 2.44. The zero-order chi connectivity index (χ0) is 33.0. The van der Waals surface area contributed by atoms with E-state index >= 15 is 0 Å². The van der Waals surface area contributed by atoms with Crippen molar-refractivity contribution in [1.82, 2.24) is 15.0 Å². The van der Waals surface area contributed by atoms with Crippen LogP contribution in [0.1, 0.15) is 0 Å². The molecule has 0 aliphatic rings. The lowest BCUT2D eigenvalue weighted by molar-refractivity contribution is 0.669. The van der Waals surface area contributed by atoms with E-state index in [1.165, 1.54) is 36.9 Å². The molecular formula is C45H27N3OS. The maximum Gasteiger partial charge on any atom is 0.164 e. The monoisotopic (exact) mass is 657 g/mol. The van der Waals surface area contributed by atoms with Crippen molar-refractivity contribution in [2.24, 2.45) is 0 Å². The Bertz CT molecular complexity index is 2800. The number of thiophene rings is 1. The van der Waals surface area contributed by atoms with Gasteiger partial charge in [0.1, 0.15) is 11.2 Å². The molecule has 0 atom stereocenters. The van der Waals surface area contributed by atoms with Crippen LogP contribution in [-0.4, -0.2) is 15.0 Å². The van der Waals surface area contributed by atoms with E-state index in [-0.39, 0.29) is 0 Å². The summed E-state index contributed by atoms with van der Waals surface area (Å²) in [5, 5.41) is 4.56. The van der Waals surface area contributed by atoms with E-state index in [2.05, 4.69) is 91.0 Å². The van der Waals surface area contributed by atoms with E-state index in [0.29, 0.717) is 17.5 Å². The van der Waals surface area contributed by atoms with Gasteiger partial charge in [0.25, 0.3) is 0 Å². The molecule has 10 aromatic rings. The van der Waals surface area contributed by atoms with Crippen molar-refractivity contribution in [1.29, 1.82) is 0 Å². The molecule has 4 nitrogen and oxygen atoms in total. The molecule has 0 N–H and O–H groups in total. The van der Waals surface area contributed by atoms with Crippen LogP contribution < -0.4 is 0 Å². The Labute approximate surface area is 292 Å². The maximum absolute atomic E-state index is 6.47. The van der Waals surface area contributed by atoms with Crippen molar-refractivity contribution in [3.63, 3.8) is 0 Å². The minimum Gasteiger partial charge on any atom is -0.456 e. The van der Waals surface area contributed by atoms with Gasteiger partial charge in [0.15, 0.2) is 17.5 Å². The minimum absolute atomic E-state index is 0.607. The van der Waals surface area contributed by atoms with Crippen LogP contribution in [0.2, 0.25) is 0 Å². The maximum atomic E-state index is 6.47. The van der Waals surface area contributed by atoms with Crippen molar-refractivity contribution in [2.75, 3.05) is 0 Å². The second kappa shape index (κ2) is 11.6. The molecule has 5 heteroatoms. The van der Waals surface area contributed by atoms with Gasteiger partial charge in [-0.3, -0.25) is 0 Å². The molecule has 0 unspecified atom stereocenters. The SMILES string of the molecule is c1ccc(-c2ccc3sc4cccc(-c5ccc6oc7cccc(-c8nc(-c9ccccc9)nc(-c9ccccc9)n8)c7c6c5)c4c3c2)cc1. The Morgan fingerprint density at radius 2 is 0.960 bits per heavy atom. The van der Waals surface area contributed by atoms with Gasteiger partial charge in [-0.25, -0.2) is 15.0 Å². The van der Waals surface area contributed by atoms with Gasteiger partial charge >= 0.3 is 0 Å². The Morgan fingerprint density at radius 1 is 0.360 bits per heavy atom. The first-order chi connectivity index (χ1) is 24.8. The van der Waals surface area contributed by atoms with Crippen molar-refractivity contribution in [2.45, 2.75) is 0 Å². The molecule has 10 rings (SSSR count). The number of fused-ring (bicyclic) bond motifs is 6. The quantitative estimate of drug-likeness (QED) is 0.185. The van der Waals surface area contributed by atoms with Gasteiger partial charge in [-0.1, -0.05) is 127 Å². The number of hydrogen-bond acceptors (Lipinski definition) is 5. The molecule has 0 aliphatic carbocycles. The molecule has 0 aliphatic heterocycles. The summed E-state index contributed by atoms with van der Waals surface area (Å²) >= 11 is 1.84. The topological polar surface area (TPSA) is 51.8 Å². The zero-order valence-electron chi connectivity index (χ0n) is 26.7. The number of rotatable bonds is 5. The van der Waals surface area contributed by atoms with Crippen LogP contribution in [0.25, 0.3) is 98.5 Å². The molecule has 234 valence electrons. The Hall–Kier alpha value is -6.43. The van der Waals surface area contributed by atoms with Gasteiger partial charge in [0.2, 0.25) is 0 Å². The minimum atomic E-state index is 0.607. The van der Waals surface area contributed by atoms with Crippen LogP contribution in [0.4, 0.5) is 0 Å². The predicted octanol–water partition coefficient (Wildman–Crippen LogP) is 12.5. The third-order valence-corrected chi connectivity index (χ3v) is 10.5. The summed E-state index contributed by atoms with van der Waals surface area (Å²) in [6.07, 6.45) is 0. The van der Waals surface area contributed by atoms with Crippen LogP contribution in [0.5, 0.6) is 0 Å². The summed E-state index contributed by atoms with van der Waals surface area (Å²) in [7, 11) is 0. The molecule has 0 fully saturated rings. The molecule has 0 bridgehead atoms. The highest BCUT2D eigenvalue weighted by Gasteiger charge is 2.19. The van der Waals surface area contributed by atoms with Crippen LogP contribution in [-0.2, 0) is 0 Å². The fourth-order valence-corrected chi connectivity index (χ4v) is 8.10. The highest BCUT2D eigenvalue weighted by atomic mass is 32.1. The molecule has 7 aromatic carbocycles. The first-order valence-corrected chi connectivity index (χ1v) is 17.4. The van der Waals surface area contributed by atoms with Gasteiger partial charge in [0, 0.05) is 47.6 Å². The second-order valence-corrected chi connectivity index (χ2v) is 13.5. The van der Waals surface area contributed by atoms with Crippen molar-refractivity contribution in [3.05, 3.63) is 164 Å². The first-order valence-electron chi connectivity index (χ1n) is 16.6. The van der Waals surface area contributed by atoms with Crippen LogP contribution in [0, 0.1) is 0 Å². The Kier molecular flexibility index (Phi) is 6.64. The summed E-state index contributed by atoms with van der Waals surface area (Å²) < 4.78 is 9.02. The Balaban J connectivity index is 1.18. The third kappa shape index (κ3) is 4.79. The molecule has 0 amide bonds. The molecule has 0 spiro atoms. The lowest BCUT2D eigenvalue weighted by atomic mass is 9.96. The number of benzene rings is 7. The van der Waals surface area contributed by atoms with Crippen LogP contribution >= 0.6 is 11.3 Å².